The summed E-state index contributed by atoms with van der Waals surface area (Å²) in [7, 11) is 1.76. The lowest BCUT2D eigenvalue weighted by Gasteiger charge is -2.55. The minimum atomic E-state index is -0.494. The molecule has 0 unspecified atom stereocenters. The van der Waals surface area contributed by atoms with Crippen molar-refractivity contribution in [3.8, 4) is 0 Å². The molecule has 4 aliphatic rings. The second-order valence-corrected chi connectivity index (χ2v) is 8.38. The van der Waals surface area contributed by atoms with Gasteiger partial charge in [-0.2, -0.15) is 0 Å². The third-order valence-corrected chi connectivity index (χ3v) is 7.46. The first-order valence-corrected chi connectivity index (χ1v) is 8.93. The Hall–Kier alpha value is -1.06. The van der Waals surface area contributed by atoms with E-state index in [0.717, 1.165) is 31.4 Å². The monoisotopic (exact) mass is 316 g/mol. The topological polar surface area (TPSA) is 49.7 Å². The minimum Gasteiger partial charge on any atom is -0.501 e. The van der Waals surface area contributed by atoms with Crippen LogP contribution in [0.1, 0.15) is 39.5 Å². The molecule has 0 aromatic rings. The van der Waals surface area contributed by atoms with Crippen molar-refractivity contribution < 1.29 is 14.9 Å². The second-order valence-electron chi connectivity index (χ2n) is 8.38. The van der Waals surface area contributed by atoms with Gasteiger partial charge in [0, 0.05) is 11.3 Å². The maximum atomic E-state index is 10.5. The Morgan fingerprint density at radius 1 is 1.13 bits per heavy atom. The van der Waals surface area contributed by atoms with E-state index in [4.69, 9.17) is 4.74 Å². The number of methoxy groups -OCH3 is 1. The van der Waals surface area contributed by atoms with Crippen molar-refractivity contribution in [3.05, 3.63) is 35.6 Å². The fraction of sp³-hybridized carbons (Fsp3) is 0.700. The highest BCUT2D eigenvalue weighted by Gasteiger charge is 2.59. The molecule has 0 aromatic carbocycles. The summed E-state index contributed by atoms with van der Waals surface area (Å²) in [6, 6.07) is 0. The molecule has 126 valence electrons. The van der Waals surface area contributed by atoms with Crippen LogP contribution in [0.5, 0.6) is 0 Å². The molecule has 0 amide bonds. The van der Waals surface area contributed by atoms with Crippen molar-refractivity contribution >= 4 is 0 Å². The molecule has 2 N–H and O–H groups in total. The molecule has 0 bridgehead atoms. The summed E-state index contributed by atoms with van der Waals surface area (Å²) in [6.45, 7) is 4.57. The van der Waals surface area contributed by atoms with Gasteiger partial charge >= 0.3 is 0 Å². The number of fused-ring (bicyclic) bond motifs is 5. The van der Waals surface area contributed by atoms with Crippen LogP contribution in [0.15, 0.2) is 35.6 Å². The maximum Gasteiger partial charge on any atom is 0.0995 e. The Bertz CT molecular complexity index is 604. The van der Waals surface area contributed by atoms with Crippen LogP contribution in [-0.4, -0.2) is 29.5 Å². The molecule has 3 heteroatoms. The third kappa shape index (κ3) is 1.96. The van der Waals surface area contributed by atoms with E-state index in [1.165, 1.54) is 5.57 Å². The standard InChI is InChI=1S/C20H28O3/c1-19-8-6-13(21)10-12(19)11-16(23-3)18-14-4-5-17(22)20(14,2)9-7-15(18)19/h6,8,10-11,13-15,17-18,21-22H,4-5,7,9H2,1-3H3/t13-,14-,15-,17-,18-,19-,20-/m0/s1. The van der Waals surface area contributed by atoms with Gasteiger partial charge in [-0.25, -0.2) is 0 Å². The lowest BCUT2D eigenvalue weighted by Crippen LogP contribution is -2.50. The van der Waals surface area contributed by atoms with Crippen LogP contribution >= 0.6 is 0 Å². The van der Waals surface area contributed by atoms with Crippen molar-refractivity contribution in [2.45, 2.75) is 51.7 Å². The Labute approximate surface area is 138 Å². The quantitative estimate of drug-likeness (QED) is 0.730. The largest absolute Gasteiger partial charge is 0.501 e. The highest BCUT2D eigenvalue weighted by Crippen LogP contribution is 2.64. The van der Waals surface area contributed by atoms with Crippen molar-refractivity contribution in [1.29, 1.82) is 0 Å². The Morgan fingerprint density at radius 2 is 1.91 bits per heavy atom. The lowest BCUT2D eigenvalue weighted by atomic mass is 9.49. The first-order chi connectivity index (χ1) is 10.9. The molecule has 3 nitrogen and oxygen atoms in total. The molecule has 0 heterocycles. The number of allylic oxidation sites excluding steroid dienone is 4. The molecule has 2 saturated carbocycles. The average molecular weight is 316 g/mol. The van der Waals surface area contributed by atoms with Gasteiger partial charge < -0.3 is 14.9 Å². The fourth-order valence-corrected chi connectivity index (χ4v) is 5.98. The van der Waals surface area contributed by atoms with Crippen molar-refractivity contribution in [2.75, 3.05) is 7.11 Å². The summed E-state index contributed by atoms with van der Waals surface area (Å²) in [6.07, 6.45) is 11.8. The molecule has 0 saturated heterocycles. The van der Waals surface area contributed by atoms with E-state index in [1.54, 1.807) is 7.11 Å². The van der Waals surface area contributed by atoms with Gasteiger partial charge in [-0.15, -0.1) is 0 Å². The number of aliphatic hydroxyl groups is 2. The van der Waals surface area contributed by atoms with E-state index >= 15 is 0 Å². The van der Waals surface area contributed by atoms with Gasteiger partial charge in [0.15, 0.2) is 0 Å². The first kappa shape index (κ1) is 15.5. The van der Waals surface area contributed by atoms with E-state index < -0.39 is 6.10 Å². The zero-order valence-corrected chi connectivity index (χ0v) is 14.3. The van der Waals surface area contributed by atoms with E-state index in [2.05, 4.69) is 26.0 Å². The molecule has 4 rings (SSSR count). The first-order valence-electron chi connectivity index (χ1n) is 8.93. The van der Waals surface area contributed by atoms with Gasteiger partial charge in [0.25, 0.3) is 0 Å². The Morgan fingerprint density at radius 3 is 2.65 bits per heavy atom. The Kier molecular flexibility index (Phi) is 3.34. The number of hydrogen-bond acceptors (Lipinski definition) is 3. The molecule has 0 radical (unpaired) electrons. The van der Waals surface area contributed by atoms with E-state index in [1.807, 2.05) is 12.2 Å². The summed E-state index contributed by atoms with van der Waals surface area (Å²) >= 11 is 0. The molecule has 7 atom stereocenters. The third-order valence-electron chi connectivity index (χ3n) is 7.46. The van der Waals surface area contributed by atoms with Crippen LogP contribution in [0.25, 0.3) is 0 Å². The molecule has 0 aromatic heterocycles. The fourth-order valence-electron chi connectivity index (χ4n) is 5.98. The summed E-state index contributed by atoms with van der Waals surface area (Å²) in [4.78, 5) is 0. The molecule has 2 fully saturated rings. The minimum absolute atomic E-state index is 0.0221. The average Bonchev–Trinajstić information content (AvgIpc) is 2.83. The van der Waals surface area contributed by atoms with Gasteiger partial charge in [0.05, 0.1) is 25.1 Å². The lowest BCUT2D eigenvalue weighted by molar-refractivity contribution is -0.0559. The van der Waals surface area contributed by atoms with E-state index in [-0.39, 0.29) is 16.9 Å². The zero-order chi connectivity index (χ0) is 16.4. The Balaban J connectivity index is 1.82. The van der Waals surface area contributed by atoms with Crippen LogP contribution in [0.4, 0.5) is 0 Å². The SMILES string of the molecule is COC1=CC2=C[C@@H](O)C=C[C@]2(C)[C@H]2CC[C@]3(C)[C@@H](O)CC[C@H]3[C@H]12. The van der Waals surface area contributed by atoms with Gasteiger partial charge in [-0.3, -0.25) is 0 Å². The summed E-state index contributed by atoms with van der Waals surface area (Å²) in [5, 5.41) is 20.5. The van der Waals surface area contributed by atoms with Crippen LogP contribution in [-0.2, 0) is 4.74 Å². The summed E-state index contributed by atoms with van der Waals surface area (Å²) in [5.74, 6) is 2.39. The van der Waals surface area contributed by atoms with Crippen LogP contribution < -0.4 is 0 Å². The predicted molar refractivity (Wildman–Crippen MR) is 89.5 cm³/mol. The molecular weight excluding hydrogens is 288 g/mol. The maximum absolute atomic E-state index is 10.5. The molecule has 23 heavy (non-hydrogen) atoms. The molecule has 0 spiro atoms. The molecule has 0 aliphatic heterocycles. The van der Waals surface area contributed by atoms with Crippen molar-refractivity contribution in [2.24, 2.45) is 28.6 Å². The van der Waals surface area contributed by atoms with E-state index in [0.29, 0.717) is 17.8 Å². The van der Waals surface area contributed by atoms with Gasteiger partial charge in [0.2, 0.25) is 0 Å². The number of hydrogen-bond donors (Lipinski definition) is 2. The highest BCUT2D eigenvalue weighted by molar-refractivity contribution is 5.43. The zero-order valence-electron chi connectivity index (χ0n) is 14.3. The number of ether oxygens (including phenoxy) is 1. The van der Waals surface area contributed by atoms with Crippen molar-refractivity contribution in [1.82, 2.24) is 0 Å². The number of aliphatic hydroxyl groups excluding tert-OH is 2. The van der Waals surface area contributed by atoms with Crippen LogP contribution in [0, 0.1) is 28.6 Å². The molecule has 4 aliphatic carbocycles. The van der Waals surface area contributed by atoms with Gasteiger partial charge in [0.1, 0.15) is 0 Å². The molecular formula is C20H28O3. The smallest absolute Gasteiger partial charge is 0.0995 e. The second kappa shape index (κ2) is 4.97. The van der Waals surface area contributed by atoms with Gasteiger partial charge in [-0.1, -0.05) is 26.0 Å². The van der Waals surface area contributed by atoms with E-state index in [9.17, 15) is 10.2 Å². The van der Waals surface area contributed by atoms with Crippen molar-refractivity contribution in [3.63, 3.8) is 0 Å². The number of rotatable bonds is 1. The van der Waals surface area contributed by atoms with Gasteiger partial charge in [-0.05, 0) is 60.7 Å². The highest BCUT2D eigenvalue weighted by atomic mass is 16.5. The van der Waals surface area contributed by atoms with Crippen LogP contribution in [0.3, 0.4) is 0 Å². The normalized spacial score (nSPS) is 51.3. The summed E-state index contributed by atoms with van der Waals surface area (Å²) in [5.41, 5.74) is 1.18. The summed E-state index contributed by atoms with van der Waals surface area (Å²) < 4.78 is 5.81. The van der Waals surface area contributed by atoms with Crippen LogP contribution in [0.2, 0.25) is 0 Å². The predicted octanol–water partition coefficient (Wildman–Crippen LogP) is 3.20.